The molecule has 6 nitrogen and oxygen atoms in total. The minimum atomic E-state index is -0.306. The predicted molar refractivity (Wildman–Crippen MR) is 113 cm³/mol. The Morgan fingerprint density at radius 3 is 2.77 bits per heavy atom. The Balaban J connectivity index is 1.35. The molecule has 4 aromatic rings. The Labute approximate surface area is 176 Å². The van der Waals surface area contributed by atoms with Crippen molar-refractivity contribution in [3.63, 3.8) is 0 Å². The van der Waals surface area contributed by atoms with E-state index in [4.69, 9.17) is 0 Å². The normalized spacial score (nSPS) is 16.7. The zero-order chi connectivity index (χ0) is 20.5. The number of nitrogens with zero attached hydrogens (tertiary/aromatic N) is 5. The first-order valence-electron chi connectivity index (χ1n) is 9.77. The molecule has 0 spiro atoms. The van der Waals surface area contributed by atoms with Crippen LogP contribution in [0.4, 0.5) is 4.39 Å². The van der Waals surface area contributed by atoms with Gasteiger partial charge in [0.15, 0.2) is 5.01 Å². The maximum absolute atomic E-state index is 14.1. The van der Waals surface area contributed by atoms with Gasteiger partial charge in [0.25, 0.3) is 5.91 Å². The number of carbonyl (C=O) groups is 1. The molecule has 30 heavy (non-hydrogen) atoms. The first kappa shape index (κ1) is 18.7. The van der Waals surface area contributed by atoms with Gasteiger partial charge in [0.05, 0.1) is 11.0 Å². The molecule has 0 N–H and O–H groups in total. The summed E-state index contributed by atoms with van der Waals surface area (Å²) in [4.78, 5) is 23.5. The highest BCUT2D eigenvalue weighted by Crippen LogP contribution is 2.34. The fourth-order valence-corrected chi connectivity index (χ4v) is 4.78. The summed E-state index contributed by atoms with van der Waals surface area (Å²) in [6.07, 6.45) is 5.07. The fraction of sp³-hybridized carbons (Fsp3) is 0.227. The Hall–Kier alpha value is -3.26. The lowest BCUT2D eigenvalue weighted by Crippen LogP contribution is -2.39. The van der Waals surface area contributed by atoms with E-state index in [2.05, 4.69) is 20.2 Å². The van der Waals surface area contributed by atoms with E-state index < -0.39 is 0 Å². The molecule has 1 atom stereocenters. The van der Waals surface area contributed by atoms with Crippen molar-refractivity contribution in [1.82, 2.24) is 25.1 Å². The first-order chi connectivity index (χ1) is 14.7. The third-order valence-corrected chi connectivity index (χ3v) is 6.44. The van der Waals surface area contributed by atoms with Crippen LogP contribution < -0.4 is 0 Å². The van der Waals surface area contributed by atoms with E-state index in [0.717, 1.165) is 23.4 Å². The molecule has 1 unspecified atom stereocenters. The van der Waals surface area contributed by atoms with Crippen LogP contribution in [0.25, 0.3) is 21.6 Å². The Morgan fingerprint density at radius 1 is 1.07 bits per heavy atom. The van der Waals surface area contributed by atoms with E-state index in [1.165, 1.54) is 17.4 Å². The van der Waals surface area contributed by atoms with E-state index in [1.807, 2.05) is 11.0 Å². The standard InChI is InChI=1S/C22H18FN5OS/c23-17-6-2-1-5-16(17)21-27-26-20(30-21)15-4-3-11-28(13-15)22(29)14-7-8-18-19(12-14)25-10-9-24-18/h1-2,5-10,12,15H,3-4,11,13H2. The van der Waals surface area contributed by atoms with Gasteiger partial charge in [0.2, 0.25) is 0 Å². The maximum Gasteiger partial charge on any atom is 0.253 e. The van der Waals surface area contributed by atoms with Crippen LogP contribution in [0.2, 0.25) is 0 Å². The Bertz CT molecular complexity index is 1230. The molecule has 2 aromatic carbocycles. The number of benzene rings is 2. The number of aromatic nitrogens is 4. The second-order valence-corrected chi connectivity index (χ2v) is 8.28. The average molecular weight is 419 g/mol. The van der Waals surface area contributed by atoms with Crippen LogP contribution in [0.15, 0.2) is 54.9 Å². The Morgan fingerprint density at radius 2 is 1.90 bits per heavy atom. The minimum absolute atomic E-state index is 0.0221. The van der Waals surface area contributed by atoms with Gasteiger partial charge in [-0.3, -0.25) is 14.8 Å². The zero-order valence-corrected chi connectivity index (χ0v) is 16.8. The lowest BCUT2D eigenvalue weighted by atomic mass is 9.98. The van der Waals surface area contributed by atoms with E-state index in [0.29, 0.717) is 34.7 Å². The second kappa shape index (κ2) is 7.87. The Kier molecular flexibility index (Phi) is 4.92. The molecule has 0 aliphatic carbocycles. The topological polar surface area (TPSA) is 71.9 Å². The van der Waals surface area contributed by atoms with Crippen molar-refractivity contribution >= 4 is 28.3 Å². The fourth-order valence-electron chi connectivity index (χ4n) is 3.79. The van der Waals surface area contributed by atoms with Gasteiger partial charge in [-0.25, -0.2) is 4.39 Å². The maximum atomic E-state index is 14.1. The molecule has 1 saturated heterocycles. The summed E-state index contributed by atoms with van der Waals surface area (Å²) in [5.41, 5.74) is 2.53. The van der Waals surface area contributed by atoms with Crippen molar-refractivity contribution in [1.29, 1.82) is 0 Å². The highest BCUT2D eigenvalue weighted by atomic mass is 32.1. The van der Waals surface area contributed by atoms with Crippen molar-refractivity contribution < 1.29 is 9.18 Å². The summed E-state index contributed by atoms with van der Waals surface area (Å²) in [7, 11) is 0. The molecule has 3 heterocycles. The summed E-state index contributed by atoms with van der Waals surface area (Å²) in [6.45, 7) is 1.27. The van der Waals surface area contributed by atoms with Gasteiger partial charge in [-0.05, 0) is 43.2 Å². The number of amides is 1. The van der Waals surface area contributed by atoms with Crippen LogP contribution in [0, 0.1) is 5.82 Å². The average Bonchev–Trinajstić information content (AvgIpc) is 3.29. The summed E-state index contributed by atoms with van der Waals surface area (Å²) in [5, 5.41) is 9.92. The molecule has 5 rings (SSSR count). The first-order valence-corrected chi connectivity index (χ1v) is 10.6. The number of carbonyl (C=O) groups excluding carboxylic acids is 1. The molecular weight excluding hydrogens is 401 g/mol. The third kappa shape index (κ3) is 3.54. The summed E-state index contributed by atoms with van der Waals surface area (Å²) >= 11 is 1.40. The lowest BCUT2D eigenvalue weighted by Gasteiger charge is -2.31. The molecule has 150 valence electrons. The van der Waals surface area contributed by atoms with Crippen LogP contribution in [-0.4, -0.2) is 44.1 Å². The van der Waals surface area contributed by atoms with Crippen molar-refractivity contribution in [3.05, 3.63) is 71.2 Å². The van der Waals surface area contributed by atoms with Crippen LogP contribution in [0.3, 0.4) is 0 Å². The number of hydrogen-bond donors (Lipinski definition) is 0. The smallest absolute Gasteiger partial charge is 0.253 e. The largest absolute Gasteiger partial charge is 0.338 e. The molecule has 0 saturated carbocycles. The highest BCUT2D eigenvalue weighted by Gasteiger charge is 2.28. The quantitative estimate of drug-likeness (QED) is 0.495. The van der Waals surface area contributed by atoms with E-state index in [1.54, 1.807) is 42.7 Å². The number of hydrogen-bond acceptors (Lipinski definition) is 6. The number of likely N-dealkylation sites (tertiary alicyclic amines) is 1. The second-order valence-electron chi connectivity index (χ2n) is 7.28. The molecule has 1 amide bonds. The number of halogens is 1. The molecule has 0 bridgehead atoms. The third-order valence-electron chi connectivity index (χ3n) is 5.32. The summed E-state index contributed by atoms with van der Waals surface area (Å²) in [6, 6.07) is 12.0. The van der Waals surface area contributed by atoms with Crippen LogP contribution >= 0.6 is 11.3 Å². The van der Waals surface area contributed by atoms with Crippen molar-refractivity contribution in [3.8, 4) is 10.6 Å². The van der Waals surface area contributed by atoms with E-state index in [9.17, 15) is 9.18 Å². The molecule has 1 aliphatic rings. The van der Waals surface area contributed by atoms with Gasteiger partial charge < -0.3 is 4.90 Å². The van der Waals surface area contributed by atoms with Crippen LogP contribution in [-0.2, 0) is 0 Å². The number of fused-ring (bicyclic) bond motifs is 1. The molecule has 2 aromatic heterocycles. The van der Waals surface area contributed by atoms with Crippen molar-refractivity contribution in [2.24, 2.45) is 0 Å². The van der Waals surface area contributed by atoms with Crippen molar-refractivity contribution in [2.75, 3.05) is 13.1 Å². The summed E-state index contributed by atoms with van der Waals surface area (Å²) < 4.78 is 14.1. The van der Waals surface area contributed by atoms with E-state index in [-0.39, 0.29) is 17.6 Å². The van der Waals surface area contributed by atoms with Crippen LogP contribution in [0.1, 0.15) is 34.1 Å². The molecule has 1 aliphatic heterocycles. The molecular formula is C22H18FN5OS. The minimum Gasteiger partial charge on any atom is -0.338 e. The lowest BCUT2D eigenvalue weighted by molar-refractivity contribution is 0.0707. The van der Waals surface area contributed by atoms with Crippen LogP contribution in [0.5, 0.6) is 0 Å². The molecule has 8 heteroatoms. The molecule has 0 radical (unpaired) electrons. The zero-order valence-electron chi connectivity index (χ0n) is 16.0. The highest BCUT2D eigenvalue weighted by molar-refractivity contribution is 7.14. The SMILES string of the molecule is O=C(c1ccc2nccnc2c1)N1CCCC(c2nnc(-c3ccccc3F)s2)C1. The number of piperidine rings is 1. The molecule has 1 fully saturated rings. The monoisotopic (exact) mass is 419 g/mol. The van der Waals surface area contributed by atoms with Gasteiger partial charge in [0, 0.05) is 42.5 Å². The van der Waals surface area contributed by atoms with Gasteiger partial charge in [-0.2, -0.15) is 0 Å². The van der Waals surface area contributed by atoms with Gasteiger partial charge >= 0.3 is 0 Å². The van der Waals surface area contributed by atoms with Crippen molar-refractivity contribution in [2.45, 2.75) is 18.8 Å². The van der Waals surface area contributed by atoms with Gasteiger partial charge in [0.1, 0.15) is 10.8 Å². The summed E-state index contributed by atoms with van der Waals surface area (Å²) in [5.74, 6) is -0.230. The van der Waals surface area contributed by atoms with E-state index >= 15 is 0 Å². The van der Waals surface area contributed by atoms with Gasteiger partial charge in [-0.1, -0.05) is 23.5 Å². The number of rotatable bonds is 3. The predicted octanol–water partition coefficient (Wildman–Crippen LogP) is 4.31. The van der Waals surface area contributed by atoms with Gasteiger partial charge in [-0.15, -0.1) is 10.2 Å².